The first kappa shape index (κ1) is 11.1. The highest BCUT2D eigenvalue weighted by Crippen LogP contribution is 2.18. The van der Waals surface area contributed by atoms with Crippen molar-refractivity contribution >= 4 is 0 Å². The summed E-state index contributed by atoms with van der Waals surface area (Å²) >= 11 is 0. The second kappa shape index (κ2) is 5.70. The van der Waals surface area contributed by atoms with Gasteiger partial charge in [-0.3, -0.25) is 0 Å². The Kier molecular flexibility index (Phi) is 4.22. The van der Waals surface area contributed by atoms with Crippen molar-refractivity contribution in [3.05, 3.63) is 29.3 Å². The monoisotopic (exact) mass is 201 g/mol. The van der Waals surface area contributed by atoms with E-state index in [0.717, 1.165) is 0 Å². The highest BCUT2D eigenvalue weighted by atomic mass is 16.5. The molecule has 1 N–H and O–H groups in total. The fourth-order valence-electron chi connectivity index (χ4n) is 1.09. The second-order valence-corrected chi connectivity index (χ2v) is 2.80. The molecule has 0 radical (unpaired) electrons. The van der Waals surface area contributed by atoms with E-state index in [-0.39, 0.29) is 6.61 Å². The number of benzene rings is 1. The Hall–Kier alpha value is -1.97. The Morgan fingerprint density at radius 2 is 2.27 bits per heavy atom. The van der Waals surface area contributed by atoms with Gasteiger partial charge in [0.1, 0.15) is 5.75 Å². The summed E-state index contributed by atoms with van der Waals surface area (Å²) in [4.78, 5) is 0. The lowest BCUT2D eigenvalue weighted by molar-refractivity contribution is 0.305. The predicted molar refractivity (Wildman–Crippen MR) is 56.3 cm³/mol. The average molecular weight is 201 g/mol. The van der Waals surface area contributed by atoms with Gasteiger partial charge in [0.2, 0.25) is 0 Å². The van der Waals surface area contributed by atoms with Crippen LogP contribution in [0.15, 0.2) is 18.2 Å². The van der Waals surface area contributed by atoms with Crippen LogP contribution >= 0.6 is 0 Å². The Labute approximate surface area is 88.9 Å². The standard InChI is InChI=1S/C12H11NO2/c1-15-12-6-5-10(9-13)8-11(12)4-2-3-7-14/h5-6,8,14H,3,7H2,1H3. The van der Waals surface area contributed by atoms with Crippen LogP contribution in [0.1, 0.15) is 17.5 Å². The lowest BCUT2D eigenvalue weighted by Crippen LogP contribution is -1.89. The average Bonchev–Trinajstić information content (AvgIpc) is 2.29. The maximum absolute atomic E-state index is 8.72. The summed E-state index contributed by atoms with van der Waals surface area (Å²) in [6.07, 6.45) is 0.417. The summed E-state index contributed by atoms with van der Waals surface area (Å²) in [5, 5.41) is 17.3. The van der Waals surface area contributed by atoms with Gasteiger partial charge in [0.15, 0.2) is 0 Å². The molecule has 0 unspecified atom stereocenters. The molecule has 0 heterocycles. The molecule has 0 saturated carbocycles. The first-order valence-corrected chi connectivity index (χ1v) is 4.49. The van der Waals surface area contributed by atoms with E-state index < -0.39 is 0 Å². The van der Waals surface area contributed by atoms with Gasteiger partial charge in [-0.25, -0.2) is 0 Å². The fraction of sp³-hybridized carbons (Fsp3) is 0.250. The topological polar surface area (TPSA) is 53.2 Å². The molecule has 1 rings (SSSR count). The molecule has 0 aromatic heterocycles. The molecule has 0 aliphatic heterocycles. The number of hydrogen-bond donors (Lipinski definition) is 1. The van der Waals surface area contributed by atoms with Crippen LogP contribution in [-0.2, 0) is 0 Å². The van der Waals surface area contributed by atoms with Crippen molar-refractivity contribution in [2.75, 3.05) is 13.7 Å². The third kappa shape index (κ3) is 3.02. The molecule has 0 spiro atoms. The third-order valence-corrected chi connectivity index (χ3v) is 1.79. The summed E-state index contributed by atoms with van der Waals surface area (Å²) in [6, 6.07) is 7.09. The molecular weight excluding hydrogens is 190 g/mol. The predicted octanol–water partition coefficient (Wildman–Crippen LogP) is 1.30. The van der Waals surface area contributed by atoms with E-state index in [1.54, 1.807) is 25.3 Å². The van der Waals surface area contributed by atoms with Crippen LogP contribution in [0, 0.1) is 23.2 Å². The molecule has 1 aromatic rings. The number of ether oxygens (including phenoxy) is 1. The van der Waals surface area contributed by atoms with Gasteiger partial charge in [0.25, 0.3) is 0 Å². The summed E-state index contributed by atoms with van der Waals surface area (Å²) in [7, 11) is 1.55. The molecule has 0 saturated heterocycles. The zero-order valence-corrected chi connectivity index (χ0v) is 8.45. The van der Waals surface area contributed by atoms with Crippen molar-refractivity contribution in [1.82, 2.24) is 0 Å². The highest BCUT2D eigenvalue weighted by molar-refractivity contribution is 5.50. The number of hydrogen-bond acceptors (Lipinski definition) is 3. The molecule has 0 amide bonds. The van der Waals surface area contributed by atoms with E-state index in [1.165, 1.54) is 0 Å². The van der Waals surface area contributed by atoms with E-state index >= 15 is 0 Å². The number of rotatable bonds is 2. The highest BCUT2D eigenvalue weighted by Gasteiger charge is 2.00. The van der Waals surface area contributed by atoms with E-state index in [4.69, 9.17) is 15.1 Å². The maximum atomic E-state index is 8.72. The number of nitriles is 1. The van der Waals surface area contributed by atoms with E-state index in [9.17, 15) is 0 Å². The van der Waals surface area contributed by atoms with Gasteiger partial charge in [-0.15, -0.1) is 0 Å². The molecule has 0 aliphatic rings. The van der Waals surface area contributed by atoms with Crippen molar-refractivity contribution in [3.63, 3.8) is 0 Å². The van der Waals surface area contributed by atoms with E-state index in [2.05, 4.69) is 11.8 Å². The Morgan fingerprint density at radius 1 is 1.47 bits per heavy atom. The minimum Gasteiger partial charge on any atom is -0.495 e. The van der Waals surface area contributed by atoms with Gasteiger partial charge in [-0.1, -0.05) is 11.8 Å². The maximum Gasteiger partial charge on any atom is 0.134 e. The molecular formula is C12H11NO2. The second-order valence-electron chi connectivity index (χ2n) is 2.80. The van der Waals surface area contributed by atoms with Gasteiger partial charge in [0, 0.05) is 6.42 Å². The van der Waals surface area contributed by atoms with Gasteiger partial charge in [0.05, 0.1) is 30.9 Å². The number of aliphatic hydroxyl groups is 1. The SMILES string of the molecule is COc1ccc(C#N)cc1C#CCCO. The Morgan fingerprint density at radius 3 is 2.87 bits per heavy atom. The van der Waals surface area contributed by atoms with Crippen molar-refractivity contribution < 1.29 is 9.84 Å². The Bertz CT molecular complexity index is 435. The first-order chi connectivity index (χ1) is 7.31. The number of methoxy groups -OCH3 is 1. The molecule has 15 heavy (non-hydrogen) atoms. The fourth-order valence-corrected chi connectivity index (χ4v) is 1.09. The normalized spacial score (nSPS) is 8.60. The molecule has 3 nitrogen and oxygen atoms in total. The number of nitrogens with zero attached hydrogens (tertiary/aromatic N) is 1. The van der Waals surface area contributed by atoms with Crippen molar-refractivity contribution in [3.8, 4) is 23.7 Å². The zero-order chi connectivity index (χ0) is 11.1. The largest absolute Gasteiger partial charge is 0.495 e. The summed E-state index contributed by atoms with van der Waals surface area (Å²) < 4.78 is 5.10. The van der Waals surface area contributed by atoms with Crippen LogP contribution in [0.3, 0.4) is 0 Å². The molecule has 0 aliphatic carbocycles. The molecule has 0 atom stereocenters. The van der Waals surface area contributed by atoms with Gasteiger partial charge in [-0.05, 0) is 18.2 Å². The van der Waals surface area contributed by atoms with Crippen LogP contribution in [0.25, 0.3) is 0 Å². The third-order valence-electron chi connectivity index (χ3n) is 1.79. The molecule has 0 bridgehead atoms. The van der Waals surface area contributed by atoms with Gasteiger partial charge in [-0.2, -0.15) is 5.26 Å². The lowest BCUT2D eigenvalue weighted by atomic mass is 10.1. The van der Waals surface area contributed by atoms with Gasteiger partial charge >= 0.3 is 0 Å². The van der Waals surface area contributed by atoms with E-state index in [0.29, 0.717) is 23.3 Å². The van der Waals surface area contributed by atoms with Crippen molar-refractivity contribution in [2.24, 2.45) is 0 Å². The smallest absolute Gasteiger partial charge is 0.134 e. The van der Waals surface area contributed by atoms with Crippen LogP contribution in [-0.4, -0.2) is 18.8 Å². The van der Waals surface area contributed by atoms with Crippen LogP contribution in [0.4, 0.5) is 0 Å². The summed E-state index contributed by atoms with van der Waals surface area (Å²) in [5.41, 5.74) is 1.22. The molecule has 1 aromatic carbocycles. The lowest BCUT2D eigenvalue weighted by Gasteiger charge is -2.02. The first-order valence-electron chi connectivity index (χ1n) is 4.49. The van der Waals surface area contributed by atoms with Crippen molar-refractivity contribution in [1.29, 1.82) is 5.26 Å². The molecule has 76 valence electrons. The van der Waals surface area contributed by atoms with E-state index in [1.807, 2.05) is 6.07 Å². The van der Waals surface area contributed by atoms with Crippen LogP contribution in [0.2, 0.25) is 0 Å². The summed E-state index contributed by atoms with van der Waals surface area (Å²) in [5.74, 6) is 6.28. The molecule has 3 heteroatoms. The van der Waals surface area contributed by atoms with Crippen LogP contribution in [0.5, 0.6) is 5.75 Å². The van der Waals surface area contributed by atoms with Crippen LogP contribution < -0.4 is 4.74 Å². The Balaban J connectivity index is 3.04. The quantitative estimate of drug-likeness (QED) is 0.734. The van der Waals surface area contributed by atoms with Crippen molar-refractivity contribution in [2.45, 2.75) is 6.42 Å². The van der Waals surface area contributed by atoms with Gasteiger partial charge < -0.3 is 9.84 Å². The molecule has 0 fully saturated rings. The summed E-state index contributed by atoms with van der Waals surface area (Å²) in [6.45, 7) is 0.0350. The zero-order valence-electron chi connectivity index (χ0n) is 8.45. The minimum absolute atomic E-state index is 0.0350. The minimum atomic E-state index is 0.0350. The number of aliphatic hydroxyl groups excluding tert-OH is 1.